The van der Waals surface area contributed by atoms with Crippen LogP contribution in [0.3, 0.4) is 0 Å². The summed E-state index contributed by atoms with van der Waals surface area (Å²) in [6.45, 7) is 13.9. The molecule has 0 saturated carbocycles. The summed E-state index contributed by atoms with van der Waals surface area (Å²) in [4.78, 5) is 52.8. The first kappa shape index (κ1) is 46.9. The molecule has 0 atom stereocenters. The third-order valence-corrected chi connectivity index (χ3v) is 11.4. The number of carboxylic acid groups (broad SMARTS) is 2. The smallest absolute Gasteiger partial charge is 0.307 e. The van der Waals surface area contributed by atoms with Crippen LogP contribution in [-0.4, -0.2) is 59.4 Å². The molecule has 2 aliphatic heterocycles. The van der Waals surface area contributed by atoms with E-state index in [1.807, 2.05) is 76.2 Å². The average molecular weight is 895 g/mol. The van der Waals surface area contributed by atoms with Crippen LogP contribution in [-0.2, 0) is 35.5 Å². The summed E-state index contributed by atoms with van der Waals surface area (Å²) in [6.07, 6.45) is 3.58. The molecule has 0 radical (unpaired) electrons. The molecule has 6 aromatic rings. The summed E-state index contributed by atoms with van der Waals surface area (Å²) in [5, 5.41) is 21.7. The van der Waals surface area contributed by atoms with E-state index < -0.39 is 11.9 Å². The van der Waals surface area contributed by atoms with Crippen LogP contribution < -0.4 is 28.7 Å². The lowest BCUT2D eigenvalue weighted by Crippen LogP contribution is -2.23. The standard InChI is InChI=1S/2C27H29NO5/c1-4-5-14-32-26-21-9-7-6-8-20(21)25(33-17(2)3)22-16-28(27(31)24(22)26)19-12-10-18(11-13-19)15-23(29)30;1-4-5-14-32-25-20-8-6-7-9-21(20)26(33-17(2)3)24-22(25)16-28(27(24)31)19-12-10-18(11-13-19)15-23(29)30/h2*6-13,17H,4-5,14-16H2,1-3H3,(H,29,30). The van der Waals surface area contributed by atoms with Crippen molar-refractivity contribution in [2.75, 3.05) is 23.0 Å². The molecule has 2 aliphatic rings. The van der Waals surface area contributed by atoms with Gasteiger partial charge in [-0.05, 0) is 75.9 Å². The topological polar surface area (TPSA) is 152 Å². The Balaban J connectivity index is 0.000000196. The number of hydrogen-bond acceptors (Lipinski definition) is 8. The Morgan fingerprint density at radius 3 is 1.32 bits per heavy atom. The van der Waals surface area contributed by atoms with Crippen LogP contribution in [0.25, 0.3) is 21.5 Å². The number of aliphatic carboxylic acids is 2. The predicted molar refractivity (Wildman–Crippen MR) is 257 cm³/mol. The predicted octanol–water partition coefficient (Wildman–Crippen LogP) is 11.2. The quantitative estimate of drug-likeness (QED) is 0.0798. The van der Waals surface area contributed by atoms with E-state index in [-0.39, 0.29) is 36.9 Å². The number of carboxylic acids is 2. The molecule has 0 fully saturated rings. The first-order valence-corrected chi connectivity index (χ1v) is 22.8. The van der Waals surface area contributed by atoms with Gasteiger partial charge in [-0.15, -0.1) is 0 Å². The van der Waals surface area contributed by atoms with Crippen LogP contribution in [0.5, 0.6) is 23.0 Å². The van der Waals surface area contributed by atoms with E-state index in [2.05, 4.69) is 13.8 Å². The van der Waals surface area contributed by atoms with E-state index in [4.69, 9.17) is 29.2 Å². The highest BCUT2D eigenvalue weighted by molar-refractivity contribution is 6.18. The first-order valence-electron chi connectivity index (χ1n) is 22.8. The van der Waals surface area contributed by atoms with Crippen LogP contribution in [0.4, 0.5) is 11.4 Å². The molecule has 0 bridgehead atoms. The van der Waals surface area contributed by atoms with E-state index in [0.29, 0.717) is 71.4 Å². The molecule has 2 N–H and O–H groups in total. The maximum atomic E-state index is 13.7. The summed E-state index contributed by atoms with van der Waals surface area (Å²) >= 11 is 0. The fourth-order valence-electron chi connectivity index (χ4n) is 8.37. The second-order valence-electron chi connectivity index (χ2n) is 17.1. The zero-order valence-corrected chi connectivity index (χ0v) is 38.5. The molecular formula is C54H58N2O10. The number of rotatable bonds is 18. The minimum Gasteiger partial charge on any atom is -0.493 e. The zero-order valence-electron chi connectivity index (χ0n) is 38.5. The minimum absolute atomic E-state index is 0.0520. The lowest BCUT2D eigenvalue weighted by Gasteiger charge is -2.19. The number of fused-ring (bicyclic) bond motifs is 4. The number of amides is 2. The van der Waals surface area contributed by atoms with Crippen molar-refractivity contribution >= 4 is 56.7 Å². The van der Waals surface area contributed by atoms with E-state index in [1.54, 1.807) is 58.3 Å². The van der Waals surface area contributed by atoms with Crippen LogP contribution in [0.15, 0.2) is 97.1 Å². The van der Waals surface area contributed by atoms with Gasteiger partial charge in [0.15, 0.2) is 0 Å². The molecule has 344 valence electrons. The lowest BCUT2D eigenvalue weighted by atomic mass is 9.99. The van der Waals surface area contributed by atoms with E-state index in [9.17, 15) is 19.2 Å². The van der Waals surface area contributed by atoms with Gasteiger partial charge in [-0.2, -0.15) is 0 Å². The average Bonchev–Trinajstić information content (AvgIpc) is 3.82. The maximum absolute atomic E-state index is 13.7. The number of nitrogens with zero attached hydrogens (tertiary/aromatic N) is 2. The van der Waals surface area contributed by atoms with Gasteiger partial charge in [-0.1, -0.05) is 99.5 Å². The van der Waals surface area contributed by atoms with Crippen molar-refractivity contribution in [2.24, 2.45) is 0 Å². The van der Waals surface area contributed by atoms with Crippen molar-refractivity contribution in [2.45, 2.75) is 105 Å². The second kappa shape index (κ2) is 20.8. The number of unbranched alkanes of at least 4 members (excludes halogenated alkanes) is 2. The molecule has 6 aromatic carbocycles. The van der Waals surface area contributed by atoms with E-state index >= 15 is 0 Å². The van der Waals surface area contributed by atoms with Crippen molar-refractivity contribution in [1.29, 1.82) is 0 Å². The monoisotopic (exact) mass is 894 g/mol. The third kappa shape index (κ3) is 10.1. The molecule has 0 unspecified atom stereocenters. The molecule has 2 amide bonds. The molecule has 12 heteroatoms. The van der Waals surface area contributed by atoms with Gasteiger partial charge >= 0.3 is 11.9 Å². The molecule has 0 aromatic heterocycles. The number of carbonyl (C=O) groups excluding carboxylic acids is 2. The van der Waals surface area contributed by atoms with Gasteiger partial charge in [0.25, 0.3) is 11.8 Å². The molecule has 66 heavy (non-hydrogen) atoms. The lowest BCUT2D eigenvalue weighted by molar-refractivity contribution is -0.137. The molecule has 0 spiro atoms. The Bertz CT molecular complexity index is 2690. The van der Waals surface area contributed by atoms with Crippen LogP contribution in [0, 0.1) is 0 Å². The first-order chi connectivity index (χ1) is 31.8. The van der Waals surface area contributed by atoms with Gasteiger partial charge in [-0.3, -0.25) is 19.2 Å². The Labute approximate surface area is 385 Å². The normalized spacial score (nSPS) is 13.0. The highest BCUT2D eigenvalue weighted by Gasteiger charge is 2.38. The molecule has 0 saturated heterocycles. The Kier molecular flexibility index (Phi) is 14.8. The van der Waals surface area contributed by atoms with Crippen molar-refractivity contribution < 1.29 is 48.3 Å². The van der Waals surface area contributed by atoms with Crippen LogP contribution in [0.1, 0.15) is 110 Å². The number of anilines is 2. The summed E-state index contributed by atoms with van der Waals surface area (Å²) in [5.41, 5.74) is 5.56. The fraction of sp³-hybridized carbons (Fsp3) is 0.333. The van der Waals surface area contributed by atoms with Gasteiger partial charge in [0.2, 0.25) is 0 Å². The molecule has 8 rings (SSSR count). The fourth-order valence-corrected chi connectivity index (χ4v) is 8.37. The summed E-state index contributed by atoms with van der Waals surface area (Å²) in [6, 6.07) is 30.0. The van der Waals surface area contributed by atoms with Crippen molar-refractivity contribution in [3.8, 4) is 23.0 Å². The maximum Gasteiger partial charge on any atom is 0.307 e. The highest BCUT2D eigenvalue weighted by atomic mass is 16.5. The molecular weight excluding hydrogens is 837 g/mol. The molecule has 2 heterocycles. The van der Waals surface area contributed by atoms with Crippen molar-refractivity contribution in [1.82, 2.24) is 0 Å². The van der Waals surface area contributed by atoms with E-state index in [1.165, 1.54) is 0 Å². The number of carbonyl (C=O) groups is 4. The number of ether oxygens (including phenoxy) is 4. The van der Waals surface area contributed by atoms with E-state index in [0.717, 1.165) is 69.9 Å². The minimum atomic E-state index is -0.886. The Morgan fingerprint density at radius 1 is 0.530 bits per heavy atom. The Hall–Kier alpha value is -7.08. The second-order valence-corrected chi connectivity index (χ2v) is 17.1. The van der Waals surface area contributed by atoms with Crippen molar-refractivity contribution in [3.63, 3.8) is 0 Å². The molecule has 12 nitrogen and oxygen atoms in total. The number of benzene rings is 6. The largest absolute Gasteiger partial charge is 0.493 e. The SMILES string of the molecule is CCCCOc1c2c(c(OC(C)C)c3ccccc13)C(=O)N(c1ccc(CC(=O)O)cc1)C2.CCCCOc1c2c(c(OC(C)C)c3ccccc13)CN(c1ccc(CC(=O)O)cc1)C2=O. The molecule has 0 aliphatic carbocycles. The summed E-state index contributed by atoms with van der Waals surface area (Å²) < 4.78 is 24.9. The highest BCUT2D eigenvalue weighted by Crippen LogP contribution is 2.48. The van der Waals surface area contributed by atoms with Gasteiger partial charge in [0.1, 0.15) is 23.0 Å². The summed E-state index contributed by atoms with van der Waals surface area (Å²) in [7, 11) is 0. The van der Waals surface area contributed by atoms with Crippen molar-refractivity contribution in [3.05, 3.63) is 130 Å². The summed E-state index contributed by atoms with van der Waals surface area (Å²) in [5.74, 6) is 0.611. The van der Waals surface area contributed by atoms with Crippen LogP contribution >= 0.6 is 0 Å². The third-order valence-electron chi connectivity index (χ3n) is 11.4. The van der Waals surface area contributed by atoms with Gasteiger partial charge in [0.05, 0.1) is 62.5 Å². The number of hydrogen-bond donors (Lipinski definition) is 2. The Morgan fingerprint density at radius 2 is 0.894 bits per heavy atom. The van der Waals surface area contributed by atoms with Crippen LogP contribution in [0.2, 0.25) is 0 Å². The van der Waals surface area contributed by atoms with Gasteiger partial charge in [0, 0.05) is 44.0 Å². The van der Waals surface area contributed by atoms with Gasteiger partial charge in [-0.25, -0.2) is 0 Å². The van der Waals surface area contributed by atoms with Gasteiger partial charge < -0.3 is 39.0 Å². The zero-order chi connectivity index (χ0) is 47.1.